The predicted octanol–water partition coefficient (Wildman–Crippen LogP) is 0.263. The molecule has 4 N–H and O–H groups in total. The fraction of sp³-hybridized carbons (Fsp3) is 0.133. The second-order valence-corrected chi connectivity index (χ2v) is 5.41. The highest BCUT2D eigenvalue weighted by atomic mass is 16.6. The van der Waals surface area contributed by atoms with Crippen molar-refractivity contribution in [3.05, 3.63) is 41.2 Å². The molecule has 12 nitrogen and oxygen atoms in total. The Morgan fingerprint density at radius 3 is 2.63 bits per heavy atom. The average Bonchev–Trinajstić information content (AvgIpc) is 3.21. The van der Waals surface area contributed by atoms with Gasteiger partial charge in [-0.05, 0) is 34.9 Å². The first-order chi connectivity index (χ1) is 13.0. The first-order valence-electron chi connectivity index (χ1n) is 7.67. The fourth-order valence-corrected chi connectivity index (χ4v) is 2.15. The summed E-state index contributed by atoms with van der Waals surface area (Å²) in [5.74, 6) is -0.548. The highest BCUT2D eigenvalue weighted by Gasteiger charge is 2.20. The third-order valence-electron chi connectivity index (χ3n) is 3.42. The van der Waals surface area contributed by atoms with Crippen molar-refractivity contribution < 1.29 is 14.2 Å². The first-order valence-corrected chi connectivity index (χ1v) is 7.67. The summed E-state index contributed by atoms with van der Waals surface area (Å²) in [4.78, 5) is 23.2. The van der Waals surface area contributed by atoms with Gasteiger partial charge in [-0.15, -0.1) is 5.10 Å². The van der Waals surface area contributed by atoms with Gasteiger partial charge < -0.3 is 11.1 Å². The summed E-state index contributed by atoms with van der Waals surface area (Å²) in [6.45, 7) is 3.05. The number of nitrogen functional groups attached to an aromatic ring is 1. The highest BCUT2D eigenvalue weighted by molar-refractivity contribution is 5.94. The van der Waals surface area contributed by atoms with Gasteiger partial charge in [-0.3, -0.25) is 9.59 Å². The molecule has 0 saturated heterocycles. The second-order valence-electron chi connectivity index (χ2n) is 5.41. The van der Waals surface area contributed by atoms with Crippen LogP contribution in [0.2, 0.25) is 0 Å². The number of anilines is 2. The van der Waals surface area contributed by atoms with Crippen molar-refractivity contribution in [3.63, 3.8) is 0 Å². The fourth-order valence-electron chi connectivity index (χ4n) is 2.15. The largest absolute Gasteiger partial charge is 0.378 e. The monoisotopic (exact) mass is 369 g/mol. The van der Waals surface area contributed by atoms with Crippen LogP contribution in [0.1, 0.15) is 28.7 Å². The molecule has 27 heavy (non-hydrogen) atoms. The highest BCUT2D eigenvalue weighted by Crippen LogP contribution is 2.14. The van der Waals surface area contributed by atoms with E-state index < -0.39 is 5.91 Å². The molecule has 0 fully saturated rings. The quantitative estimate of drug-likeness (QED) is 0.425. The number of carbonyl (C=O) groups is 2. The minimum absolute atomic E-state index is 0.0238. The lowest BCUT2D eigenvalue weighted by atomic mass is 10.2. The molecular weight excluding hydrogens is 354 g/mol. The molecule has 1 aromatic carbocycles. The van der Waals surface area contributed by atoms with Crippen molar-refractivity contribution in [2.24, 2.45) is 5.10 Å². The third kappa shape index (κ3) is 3.95. The maximum atomic E-state index is 12.2. The van der Waals surface area contributed by atoms with E-state index >= 15 is 0 Å². The van der Waals surface area contributed by atoms with Crippen molar-refractivity contribution in [2.45, 2.75) is 13.8 Å². The van der Waals surface area contributed by atoms with E-state index in [0.717, 1.165) is 5.56 Å². The van der Waals surface area contributed by atoms with E-state index in [1.54, 1.807) is 31.2 Å². The van der Waals surface area contributed by atoms with Crippen LogP contribution in [0.3, 0.4) is 0 Å². The number of rotatable bonds is 5. The summed E-state index contributed by atoms with van der Waals surface area (Å²) < 4.78 is 5.75. The van der Waals surface area contributed by atoms with E-state index in [-0.39, 0.29) is 23.2 Å². The van der Waals surface area contributed by atoms with Crippen molar-refractivity contribution in [1.29, 1.82) is 0 Å². The van der Waals surface area contributed by atoms with Crippen LogP contribution in [0.25, 0.3) is 5.82 Å². The van der Waals surface area contributed by atoms with Crippen LogP contribution >= 0.6 is 0 Å². The number of aromatic nitrogens is 5. The molecule has 0 bridgehead atoms. The number of hydrazone groups is 1. The molecule has 3 rings (SSSR count). The average molecular weight is 369 g/mol. The van der Waals surface area contributed by atoms with Gasteiger partial charge >= 0.3 is 0 Å². The predicted molar refractivity (Wildman–Crippen MR) is 94.2 cm³/mol. The van der Waals surface area contributed by atoms with Crippen molar-refractivity contribution in [1.82, 2.24) is 30.7 Å². The zero-order chi connectivity index (χ0) is 19.4. The molecule has 138 valence electrons. The van der Waals surface area contributed by atoms with E-state index in [9.17, 15) is 9.59 Å². The standard InChI is InChI=1S/C15H15N9O3/c1-8-12(19-23-24(8)14-13(16)21-27-22-14)15(26)20-17-7-10-3-5-11(6-4-10)18-9(2)25/h3-7H,1-2H3,(H2,16,21)(H,18,25)(H,20,26)/b17-7-. The van der Waals surface area contributed by atoms with Crippen LogP contribution in [0, 0.1) is 6.92 Å². The maximum absolute atomic E-state index is 12.2. The molecule has 0 unspecified atom stereocenters. The Kier molecular flexibility index (Phi) is 4.88. The van der Waals surface area contributed by atoms with Gasteiger partial charge in [0.15, 0.2) is 5.69 Å². The van der Waals surface area contributed by atoms with Crippen LogP contribution in [0.4, 0.5) is 11.5 Å². The number of carbonyl (C=O) groups excluding carboxylic acids is 2. The molecule has 0 spiro atoms. The van der Waals surface area contributed by atoms with Gasteiger partial charge in [-0.1, -0.05) is 17.3 Å². The molecule has 0 aliphatic heterocycles. The number of hydrogen-bond acceptors (Lipinski definition) is 9. The minimum Gasteiger partial charge on any atom is -0.378 e. The number of nitrogens with one attached hydrogen (secondary N) is 2. The number of nitrogens with two attached hydrogens (primary N) is 1. The van der Waals surface area contributed by atoms with Gasteiger partial charge in [0.05, 0.1) is 11.9 Å². The van der Waals surface area contributed by atoms with Gasteiger partial charge in [0.25, 0.3) is 5.91 Å². The Morgan fingerprint density at radius 2 is 2.00 bits per heavy atom. The minimum atomic E-state index is -0.556. The maximum Gasteiger partial charge on any atom is 0.293 e. The van der Waals surface area contributed by atoms with Gasteiger partial charge in [0, 0.05) is 12.6 Å². The van der Waals surface area contributed by atoms with E-state index in [1.807, 2.05) is 0 Å². The molecule has 12 heteroatoms. The Balaban J connectivity index is 1.66. The van der Waals surface area contributed by atoms with Crippen LogP contribution < -0.4 is 16.5 Å². The Labute approximate surface area is 152 Å². The molecule has 0 atom stereocenters. The summed E-state index contributed by atoms with van der Waals surface area (Å²) >= 11 is 0. The molecule has 0 aliphatic rings. The summed E-state index contributed by atoms with van der Waals surface area (Å²) in [6, 6.07) is 6.92. The molecule has 0 aliphatic carbocycles. The molecule has 2 aromatic heterocycles. The SMILES string of the molecule is CC(=O)Nc1ccc(/C=N\NC(=O)c2nnn(-c3nonc3N)c2C)cc1. The first kappa shape index (κ1) is 17.7. The Hall–Kier alpha value is -4.09. The van der Waals surface area contributed by atoms with Crippen LogP contribution in [-0.2, 0) is 4.79 Å². The number of hydrogen-bond donors (Lipinski definition) is 3. The molecule has 2 amide bonds. The van der Waals surface area contributed by atoms with Gasteiger partial charge in [-0.25, -0.2) is 10.1 Å². The summed E-state index contributed by atoms with van der Waals surface area (Å²) in [5.41, 5.74) is 9.81. The molecule has 0 radical (unpaired) electrons. The third-order valence-corrected chi connectivity index (χ3v) is 3.42. The van der Waals surface area contributed by atoms with Crippen molar-refractivity contribution >= 4 is 29.5 Å². The molecule has 2 heterocycles. The topological polar surface area (TPSA) is 166 Å². The number of amides is 2. The zero-order valence-corrected chi connectivity index (χ0v) is 14.4. The Morgan fingerprint density at radius 1 is 1.26 bits per heavy atom. The number of nitrogens with zero attached hydrogens (tertiary/aromatic N) is 6. The second kappa shape index (κ2) is 7.43. The lowest BCUT2D eigenvalue weighted by Crippen LogP contribution is -2.19. The van der Waals surface area contributed by atoms with Gasteiger partial charge in [0.2, 0.25) is 17.5 Å². The smallest absolute Gasteiger partial charge is 0.293 e. The molecular formula is C15H15N9O3. The van der Waals surface area contributed by atoms with Crippen molar-refractivity contribution in [2.75, 3.05) is 11.1 Å². The zero-order valence-electron chi connectivity index (χ0n) is 14.4. The van der Waals surface area contributed by atoms with E-state index in [2.05, 4.69) is 41.1 Å². The summed E-state index contributed by atoms with van der Waals surface area (Å²) in [7, 11) is 0. The van der Waals surface area contributed by atoms with Gasteiger partial charge in [0.1, 0.15) is 0 Å². The van der Waals surface area contributed by atoms with E-state index in [4.69, 9.17) is 5.73 Å². The van der Waals surface area contributed by atoms with Crippen molar-refractivity contribution in [3.8, 4) is 5.82 Å². The molecule has 3 aromatic rings. The molecule has 0 saturated carbocycles. The van der Waals surface area contributed by atoms with Crippen LogP contribution in [0.5, 0.6) is 0 Å². The summed E-state index contributed by atoms with van der Waals surface area (Å²) in [6.07, 6.45) is 1.45. The van der Waals surface area contributed by atoms with E-state index in [0.29, 0.717) is 11.4 Å². The normalized spacial score (nSPS) is 10.9. The van der Waals surface area contributed by atoms with Crippen LogP contribution in [-0.4, -0.2) is 43.3 Å². The lowest BCUT2D eigenvalue weighted by molar-refractivity contribution is -0.114. The van der Waals surface area contributed by atoms with Gasteiger partial charge in [-0.2, -0.15) is 9.78 Å². The van der Waals surface area contributed by atoms with E-state index in [1.165, 1.54) is 17.8 Å². The number of benzene rings is 1. The summed E-state index contributed by atoms with van der Waals surface area (Å²) in [5, 5.41) is 21.2. The van der Waals surface area contributed by atoms with Crippen LogP contribution in [0.15, 0.2) is 34.0 Å². The lowest BCUT2D eigenvalue weighted by Gasteiger charge is -2.01. The Bertz CT molecular complexity index is 1000.